The summed E-state index contributed by atoms with van der Waals surface area (Å²) in [5, 5.41) is 0.518. The van der Waals surface area contributed by atoms with Crippen LogP contribution in [0.5, 0.6) is 11.5 Å². The van der Waals surface area contributed by atoms with E-state index in [4.69, 9.17) is 13.0 Å². The summed E-state index contributed by atoms with van der Waals surface area (Å²) in [6, 6.07) is 23.2. The SMILES string of the molecule is [2H]C([2H])([2H])C1(C([2H])([2H])[2H])CN(c2ncc(C(C)C)s2)c2[c-]c(Oc3[c-]c(N4[CH-]N(C)c5ccccc54)ccc3)ccc21.[Pt]. The first kappa shape index (κ1) is 19.3. The van der Waals surface area contributed by atoms with Gasteiger partial charge in [0.25, 0.3) is 0 Å². The second-order valence-electron chi connectivity index (χ2n) is 9.36. The van der Waals surface area contributed by atoms with Crippen molar-refractivity contribution in [3.8, 4) is 11.5 Å². The van der Waals surface area contributed by atoms with E-state index in [1.807, 2.05) is 73.8 Å². The average molecular weight is 695 g/mol. The third kappa shape index (κ3) is 4.66. The van der Waals surface area contributed by atoms with Gasteiger partial charge >= 0.3 is 0 Å². The molecular formula is C30H29N4OPtS-3. The van der Waals surface area contributed by atoms with Crippen LogP contribution < -0.4 is 19.4 Å². The maximum absolute atomic E-state index is 8.36. The number of para-hydroxylation sites is 2. The number of thiazole rings is 1. The number of hydrogen-bond donors (Lipinski definition) is 0. The Morgan fingerprint density at radius 1 is 1.05 bits per heavy atom. The standard InChI is InChI=1S/C30H29N4OS.Pt/c1-20(2)28-17-31-29(36-28)33-18-30(3,4)24-14-13-23(16-27(24)33)35-22-10-8-9-21(15-22)34-19-32(5)25-11-6-7-12-26(25)34;/h6-14,17,19-20H,18H2,1-5H3;/q-3;/i3D3,4D3;. The van der Waals surface area contributed by atoms with Crippen LogP contribution in [-0.2, 0) is 26.5 Å². The molecule has 0 fully saturated rings. The molecule has 0 saturated carbocycles. The van der Waals surface area contributed by atoms with Crippen LogP contribution in [0.2, 0.25) is 0 Å². The maximum atomic E-state index is 8.36. The van der Waals surface area contributed by atoms with Gasteiger partial charge in [-0.25, -0.2) is 4.98 Å². The minimum absolute atomic E-state index is 0. The van der Waals surface area contributed by atoms with Gasteiger partial charge in [0.15, 0.2) is 5.13 Å². The quantitative estimate of drug-likeness (QED) is 0.199. The molecule has 7 heteroatoms. The predicted octanol–water partition coefficient (Wildman–Crippen LogP) is 7.79. The van der Waals surface area contributed by atoms with Gasteiger partial charge in [-0.05, 0) is 30.5 Å². The molecule has 0 unspecified atom stereocenters. The molecular weight excluding hydrogens is 660 g/mol. The number of benzene rings is 3. The van der Waals surface area contributed by atoms with Gasteiger partial charge in [-0.1, -0.05) is 45.4 Å². The van der Waals surface area contributed by atoms with E-state index in [-0.39, 0.29) is 39.1 Å². The summed E-state index contributed by atoms with van der Waals surface area (Å²) in [5.41, 5.74) is 1.26. The Hall–Kier alpha value is -2.82. The molecule has 2 aliphatic heterocycles. The molecule has 1 aromatic heterocycles. The fourth-order valence-corrected chi connectivity index (χ4v) is 5.45. The Labute approximate surface area is 246 Å². The largest absolute Gasteiger partial charge is 0.509 e. The smallest absolute Gasteiger partial charge is 0.188 e. The first-order valence-corrected chi connectivity index (χ1v) is 12.6. The van der Waals surface area contributed by atoms with E-state index >= 15 is 0 Å². The Morgan fingerprint density at radius 3 is 2.59 bits per heavy atom. The van der Waals surface area contributed by atoms with Gasteiger partial charge in [0.1, 0.15) is 0 Å². The summed E-state index contributed by atoms with van der Waals surface area (Å²) >= 11 is 1.41. The monoisotopic (exact) mass is 694 g/mol. The Kier molecular flexibility index (Phi) is 5.11. The number of aromatic nitrogens is 1. The molecule has 2 aliphatic rings. The van der Waals surface area contributed by atoms with Gasteiger partial charge in [-0.2, -0.15) is 18.8 Å². The maximum Gasteiger partial charge on any atom is 0.188 e. The van der Waals surface area contributed by atoms with Gasteiger partial charge < -0.3 is 19.4 Å². The molecule has 0 aliphatic carbocycles. The Morgan fingerprint density at radius 2 is 1.84 bits per heavy atom. The predicted molar refractivity (Wildman–Crippen MR) is 148 cm³/mol. The second kappa shape index (κ2) is 9.81. The van der Waals surface area contributed by atoms with Gasteiger partial charge in [0.05, 0.1) is 0 Å². The fourth-order valence-electron chi connectivity index (χ4n) is 4.52. The van der Waals surface area contributed by atoms with Crippen molar-refractivity contribution in [3.05, 3.63) is 90.0 Å². The van der Waals surface area contributed by atoms with E-state index in [9.17, 15) is 0 Å². The minimum atomic E-state index is -2.81. The molecule has 6 rings (SSSR count). The second-order valence-corrected chi connectivity index (χ2v) is 10.4. The van der Waals surface area contributed by atoms with Crippen LogP contribution in [0.15, 0.2) is 60.8 Å². The van der Waals surface area contributed by atoms with Crippen LogP contribution in [0.25, 0.3) is 0 Å². The molecule has 0 saturated heterocycles. The molecule has 0 amide bonds. The molecule has 37 heavy (non-hydrogen) atoms. The first-order valence-electron chi connectivity index (χ1n) is 14.8. The molecule has 4 aromatic rings. The van der Waals surface area contributed by atoms with Crippen LogP contribution in [0.1, 0.15) is 52.1 Å². The molecule has 3 heterocycles. The zero-order chi connectivity index (χ0) is 30.0. The van der Waals surface area contributed by atoms with E-state index in [1.54, 1.807) is 29.3 Å². The fraction of sp³-hybridized carbons (Fsp3) is 0.267. The summed E-state index contributed by atoms with van der Waals surface area (Å²) in [7, 11) is 1.98. The van der Waals surface area contributed by atoms with E-state index in [2.05, 4.69) is 17.1 Å². The van der Waals surface area contributed by atoms with Gasteiger partial charge in [0, 0.05) is 69.8 Å². The van der Waals surface area contributed by atoms with Crippen molar-refractivity contribution in [3.63, 3.8) is 0 Å². The summed E-state index contributed by atoms with van der Waals surface area (Å²) in [5.74, 6) is 0.958. The first-order chi connectivity index (χ1) is 19.8. The zero-order valence-corrected chi connectivity index (χ0v) is 23.6. The third-order valence-electron chi connectivity index (χ3n) is 6.38. The molecule has 0 N–H and O–H groups in total. The zero-order valence-electron chi connectivity index (χ0n) is 26.6. The Balaban J connectivity index is 0.00000368. The van der Waals surface area contributed by atoms with Crippen molar-refractivity contribution in [2.45, 2.75) is 38.9 Å². The minimum Gasteiger partial charge on any atom is -0.509 e. The number of ether oxygens (including phenoxy) is 1. The summed E-state index contributed by atoms with van der Waals surface area (Å²) in [6.07, 6.45) is 1.75. The molecule has 194 valence electrons. The van der Waals surface area contributed by atoms with Gasteiger partial charge in [-0.3, -0.25) is 0 Å². The number of nitrogens with zero attached hydrogens (tertiary/aromatic N) is 4. The Bertz CT molecular complexity index is 1630. The van der Waals surface area contributed by atoms with E-state index in [0.717, 1.165) is 21.9 Å². The summed E-state index contributed by atoms with van der Waals surface area (Å²) in [4.78, 5) is 11.3. The molecule has 0 bridgehead atoms. The normalized spacial score (nSPS) is 18.6. The number of rotatable bonds is 5. The van der Waals surface area contributed by atoms with Gasteiger partial charge in [0.2, 0.25) is 0 Å². The van der Waals surface area contributed by atoms with Crippen molar-refractivity contribution in [1.29, 1.82) is 0 Å². The van der Waals surface area contributed by atoms with Crippen molar-refractivity contribution in [1.82, 2.24) is 4.98 Å². The number of fused-ring (bicyclic) bond motifs is 2. The van der Waals surface area contributed by atoms with E-state index in [0.29, 0.717) is 22.3 Å². The summed E-state index contributed by atoms with van der Waals surface area (Å²) in [6.45, 7) is 0.164. The number of anilines is 5. The summed E-state index contributed by atoms with van der Waals surface area (Å²) < 4.78 is 56.4. The molecule has 0 atom stereocenters. The van der Waals surface area contributed by atoms with Crippen LogP contribution in [0.3, 0.4) is 0 Å². The van der Waals surface area contributed by atoms with Crippen LogP contribution in [0.4, 0.5) is 27.9 Å². The van der Waals surface area contributed by atoms with Crippen LogP contribution >= 0.6 is 11.3 Å². The topological polar surface area (TPSA) is 31.8 Å². The van der Waals surface area contributed by atoms with E-state index in [1.165, 1.54) is 11.3 Å². The molecule has 0 spiro atoms. The van der Waals surface area contributed by atoms with Gasteiger partial charge in [-0.15, -0.1) is 52.9 Å². The van der Waals surface area contributed by atoms with Crippen molar-refractivity contribution in [2.24, 2.45) is 0 Å². The van der Waals surface area contributed by atoms with Crippen molar-refractivity contribution >= 4 is 39.2 Å². The molecule has 3 aromatic carbocycles. The molecule has 5 nitrogen and oxygen atoms in total. The van der Waals surface area contributed by atoms with Crippen molar-refractivity contribution in [2.75, 3.05) is 28.3 Å². The van der Waals surface area contributed by atoms with E-state index < -0.39 is 19.1 Å². The average Bonchev–Trinajstić information content (AvgIpc) is 3.63. The van der Waals surface area contributed by atoms with Crippen molar-refractivity contribution < 1.29 is 34.0 Å². The number of hydrogen-bond acceptors (Lipinski definition) is 6. The third-order valence-corrected chi connectivity index (χ3v) is 7.70. The van der Waals surface area contributed by atoms with Crippen LogP contribution in [0, 0.1) is 18.8 Å². The van der Waals surface area contributed by atoms with Crippen LogP contribution in [-0.4, -0.2) is 18.6 Å². The molecule has 0 radical (unpaired) electrons.